The molecule has 1 fully saturated rings. The Morgan fingerprint density at radius 3 is 2.39 bits per heavy atom. The first-order valence-electron chi connectivity index (χ1n) is 9.86. The van der Waals surface area contributed by atoms with Crippen molar-refractivity contribution in [2.75, 3.05) is 11.5 Å². The Hall–Kier alpha value is -3.55. The highest BCUT2D eigenvalue weighted by Crippen LogP contribution is 2.45. The summed E-state index contributed by atoms with van der Waals surface area (Å²) in [6, 6.07) is 7.33. The molecule has 0 spiro atoms. The zero-order chi connectivity index (χ0) is 22.3. The molecule has 2 aromatic carbocycles. The van der Waals surface area contributed by atoms with E-state index in [0.29, 0.717) is 18.9 Å². The van der Waals surface area contributed by atoms with Crippen LogP contribution in [0.1, 0.15) is 41.7 Å². The van der Waals surface area contributed by atoms with Gasteiger partial charge in [-0.2, -0.15) is 0 Å². The molecule has 1 aliphatic carbocycles. The van der Waals surface area contributed by atoms with Crippen LogP contribution < -0.4 is 4.90 Å². The summed E-state index contributed by atoms with van der Waals surface area (Å²) in [6.45, 7) is 1.87. The number of esters is 1. The molecule has 1 saturated carbocycles. The van der Waals surface area contributed by atoms with E-state index in [1.165, 1.54) is 24.3 Å². The van der Waals surface area contributed by atoms with Gasteiger partial charge in [-0.3, -0.25) is 14.5 Å². The van der Waals surface area contributed by atoms with Crippen LogP contribution in [0.5, 0.6) is 0 Å². The van der Waals surface area contributed by atoms with E-state index in [9.17, 15) is 28.3 Å². The average Bonchev–Trinajstić information content (AvgIpc) is 3.55. The van der Waals surface area contributed by atoms with E-state index in [1.807, 2.05) is 0 Å². The molecule has 1 atom stereocenters. The number of hydrogen-bond donors (Lipinski definition) is 1. The molecule has 0 bridgehead atoms. The predicted molar refractivity (Wildman–Crippen MR) is 106 cm³/mol. The Bertz CT molecular complexity index is 1110. The third-order valence-electron chi connectivity index (χ3n) is 5.34. The number of aliphatic hydroxyl groups is 1. The maximum absolute atomic E-state index is 14.7. The van der Waals surface area contributed by atoms with Crippen molar-refractivity contribution in [3.05, 3.63) is 76.6 Å². The second-order valence-corrected chi connectivity index (χ2v) is 7.41. The van der Waals surface area contributed by atoms with Crippen LogP contribution in [0.2, 0.25) is 0 Å². The molecule has 0 aromatic heterocycles. The molecular weight excluding hydrogens is 408 g/mol. The molecule has 4 rings (SSSR count). The fourth-order valence-corrected chi connectivity index (χ4v) is 3.68. The summed E-state index contributed by atoms with van der Waals surface area (Å²) in [7, 11) is 0. The van der Waals surface area contributed by atoms with Crippen molar-refractivity contribution in [1.82, 2.24) is 0 Å². The first-order valence-corrected chi connectivity index (χ1v) is 9.86. The van der Waals surface area contributed by atoms with Crippen LogP contribution in [0.15, 0.2) is 53.8 Å². The molecule has 0 saturated heterocycles. The Balaban J connectivity index is 1.79. The Kier molecular flexibility index (Phi) is 5.31. The van der Waals surface area contributed by atoms with Crippen LogP contribution in [0.3, 0.4) is 0 Å². The lowest BCUT2D eigenvalue weighted by Crippen LogP contribution is -2.31. The number of Topliss-reactive ketones (excluding diaryl/α,β-unsaturated/α-hetero) is 1. The lowest BCUT2D eigenvalue weighted by molar-refractivity contribution is -0.118. The van der Waals surface area contributed by atoms with E-state index in [0.717, 1.165) is 17.0 Å². The molecule has 2 aliphatic rings. The number of carbonyl (C=O) groups excluding carboxylic acids is 3. The number of halogens is 2. The van der Waals surface area contributed by atoms with Gasteiger partial charge in [-0.05, 0) is 50.1 Å². The second-order valence-electron chi connectivity index (χ2n) is 7.41. The molecule has 31 heavy (non-hydrogen) atoms. The minimum Gasteiger partial charge on any atom is -0.503 e. The summed E-state index contributed by atoms with van der Waals surface area (Å²) in [6.07, 6.45) is 1.24. The third kappa shape index (κ3) is 3.69. The van der Waals surface area contributed by atoms with Crippen molar-refractivity contribution in [3.63, 3.8) is 0 Å². The van der Waals surface area contributed by atoms with Gasteiger partial charge in [0.2, 0.25) is 0 Å². The van der Waals surface area contributed by atoms with E-state index in [2.05, 4.69) is 0 Å². The highest BCUT2D eigenvalue weighted by atomic mass is 19.1. The summed E-state index contributed by atoms with van der Waals surface area (Å²) in [4.78, 5) is 38.8. The normalized spacial score (nSPS) is 18.5. The number of anilines is 1. The predicted octanol–water partition coefficient (Wildman–Crippen LogP) is 4.02. The number of amides is 1. The van der Waals surface area contributed by atoms with E-state index in [4.69, 9.17) is 4.74 Å². The maximum Gasteiger partial charge on any atom is 0.338 e. The lowest BCUT2D eigenvalue weighted by Gasteiger charge is -2.27. The van der Waals surface area contributed by atoms with Gasteiger partial charge in [-0.15, -0.1) is 0 Å². The van der Waals surface area contributed by atoms with Gasteiger partial charge in [0.25, 0.3) is 5.91 Å². The molecule has 1 heterocycles. The van der Waals surface area contributed by atoms with E-state index >= 15 is 0 Å². The average molecular weight is 427 g/mol. The first kappa shape index (κ1) is 20.7. The fourth-order valence-electron chi connectivity index (χ4n) is 3.68. The number of ketones is 1. The van der Waals surface area contributed by atoms with Crippen LogP contribution in [0.25, 0.3) is 0 Å². The fraction of sp³-hybridized carbons (Fsp3) is 0.261. The Labute approximate surface area is 176 Å². The SMILES string of the molecule is CCOC(=O)c1ccc(N2C(=O)C(O)=C(C(=O)C3CC3)[C@H]2c2ccc(F)cc2F)cc1. The van der Waals surface area contributed by atoms with E-state index in [1.54, 1.807) is 6.92 Å². The van der Waals surface area contributed by atoms with Gasteiger partial charge in [0, 0.05) is 23.2 Å². The first-order chi connectivity index (χ1) is 14.8. The number of nitrogens with zero attached hydrogens (tertiary/aromatic N) is 1. The van der Waals surface area contributed by atoms with E-state index in [-0.39, 0.29) is 34.9 Å². The third-order valence-corrected chi connectivity index (χ3v) is 5.34. The molecule has 2 aromatic rings. The zero-order valence-corrected chi connectivity index (χ0v) is 16.6. The zero-order valence-electron chi connectivity index (χ0n) is 16.6. The minimum atomic E-state index is -1.25. The summed E-state index contributed by atoms with van der Waals surface area (Å²) in [5.74, 6) is -4.68. The van der Waals surface area contributed by atoms with Gasteiger partial charge in [0.1, 0.15) is 11.6 Å². The number of carbonyl (C=O) groups is 3. The number of ether oxygens (including phenoxy) is 1. The summed E-state index contributed by atoms with van der Waals surface area (Å²) in [5, 5.41) is 10.5. The summed E-state index contributed by atoms with van der Waals surface area (Å²) < 4.78 is 33.1. The summed E-state index contributed by atoms with van der Waals surface area (Å²) >= 11 is 0. The van der Waals surface area contributed by atoms with Crippen LogP contribution in [0.4, 0.5) is 14.5 Å². The van der Waals surface area contributed by atoms with Gasteiger partial charge in [-0.1, -0.05) is 6.07 Å². The van der Waals surface area contributed by atoms with Gasteiger partial charge < -0.3 is 9.84 Å². The number of hydrogen-bond acceptors (Lipinski definition) is 5. The van der Waals surface area contributed by atoms with E-state index < -0.39 is 41.1 Å². The largest absolute Gasteiger partial charge is 0.503 e. The number of rotatable bonds is 6. The Morgan fingerprint density at radius 2 is 1.81 bits per heavy atom. The Morgan fingerprint density at radius 1 is 1.13 bits per heavy atom. The van der Waals surface area contributed by atoms with Crippen molar-refractivity contribution < 1.29 is 33.0 Å². The molecule has 1 amide bonds. The van der Waals surface area contributed by atoms with Gasteiger partial charge in [-0.25, -0.2) is 13.6 Å². The standard InChI is InChI=1S/C23H19F2NO5/c1-2-31-23(30)13-5-8-15(9-6-13)26-19(16-10-7-14(24)11-17(16)25)18(21(28)22(26)29)20(27)12-3-4-12/h5-12,19,28H,2-4H2,1H3/t19-/m1/s1. The van der Waals surface area contributed by atoms with Crippen LogP contribution >= 0.6 is 0 Å². The monoisotopic (exact) mass is 427 g/mol. The highest BCUT2D eigenvalue weighted by Gasteiger charge is 2.48. The van der Waals surface area contributed by atoms with Gasteiger partial charge in [0.05, 0.1) is 23.8 Å². The molecule has 1 N–H and O–H groups in total. The maximum atomic E-state index is 14.7. The van der Waals surface area contributed by atoms with Crippen molar-refractivity contribution >= 4 is 23.3 Å². The van der Waals surface area contributed by atoms with Crippen LogP contribution in [-0.4, -0.2) is 29.4 Å². The van der Waals surface area contributed by atoms with Crippen molar-refractivity contribution in [1.29, 1.82) is 0 Å². The molecular formula is C23H19F2NO5. The number of aliphatic hydroxyl groups excluding tert-OH is 1. The molecule has 8 heteroatoms. The second kappa shape index (κ2) is 7.94. The smallest absolute Gasteiger partial charge is 0.338 e. The quantitative estimate of drug-likeness (QED) is 0.704. The molecule has 160 valence electrons. The molecule has 0 unspecified atom stereocenters. The van der Waals surface area contributed by atoms with Gasteiger partial charge in [0.15, 0.2) is 11.5 Å². The topological polar surface area (TPSA) is 83.9 Å². The highest BCUT2D eigenvalue weighted by molar-refractivity contribution is 6.17. The molecule has 1 aliphatic heterocycles. The molecule has 0 radical (unpaired) electrons. The van der Waals surface area contributed by atoms with Crippen LogP contribution in [0, 0.1) is 17.6 Å². The van der Waals surface area contributed by atoms with Crippen molar-refractivity contribution in [3.8, 4) is 0 Å². The molecule has 6 nitrogen and oxygen atoms in total. The van der Waals surface area contributed by atoms with Gasteiger partial charge >= 0.3 is 5.97 Å². The lowest BCUT2D eigenvalue weighted by atomic mass is 9.93. The minimum absolute atomic E-state index is 0.114. The van der Waals surface area contributed by atoms with Crippen molar-refractivity contribution in [2.24, 2.45) is 5.92 Å². The summed E-state index contributed by atoms with van der Waals surface area (Å²) in [5.41, 5.74) is 0.162. The number of benzene rings is 2. The van der Waals surface area contributed by atoms with Crippen molar-refractivity contribution in [2.45, 2.75) is 25.8 Å². The van der Waals surface area contributed by atoms with Crippen LogP contribution in [-0.2, 0) is 14.3 Å².